The summed E-state index contributed by atoms with van der Waals surface area (Å²) in [5.41, 5.74) is 7.47. The van der Waals surface area contributed by atoms with Gasteiger partial charge in [-0.1, -0.05) is 12.1 Å². The molecule has 0 fully saturated rings. The van der Waals surface area contributed by atoms with Gasteiger partial charge < -0.3 is 10.5 Å². The maximum atomic E-state index is 14.8. The van der Waals surface area contributed by atoms with E-state index in [4.69, 9.17) is 10.5 Å². The third-order valence-corrected chi connectivity index (χ3v) is 7.41. The van der Waals surface area contributed by atoms with Crippen molar-refractivity contribution in [1.29, 1.82) is 0 Å². The summed E-state index contributed by atoms with van der Waals surface area (Å²) in [5, 5.41) is 0. The van der Waals surface area contributed by atoms with Crippen LogP contribution >= 0.6 is 0 Å². The van der Waals surface area contributed by atoms with Crippen molar-refractivity contribution in [1.82, 2.24) is 9.29 Å². The fourth-order valence-corrected chi connectivity index (χ4v) is 5.12. The van der Waals surface area contributed by atoms with E-state index in [0.29, 0.717) is 23.4 Å². The first kappa shape index (κ1) is 21.8. The van der Waals surface area contributed by atoms with E-state index in [2.05, 4.69) is 20.8 Å². The Hall–Kier alpha value is -2.94. The molecule has 0 amide bonds. The van der Waals surface area contributed by atoms with Crippen LogP contribution in [0.1, 0.15) is 23.7 Å². The van der Waals surface area contributed by atoms with Crippen LogP contribution in [-0.4, -0.2) is 58.0 Å². The minimum atomic E-state index is -2.71. The first-order valence-corrected chi connectivity index (χ1v) is 11.1. The molecular formula is C21H26FN5O2S. The molecule has 0 bridgehead atoms. The van der Waals surface area contributed by atoms with Gasteiger partial charge in [-0.2, -0.15) is 0 Å². The molecule has 160 valence electrons. The minimum Gasteiger partial charge on any atom is -0.495 e. The van der Waals surface area contributed by atoms with Crippen molar-refractivity contribution in [2.75, 3.05) is 27.0 Å². The van der Waals surface area contributed by atoms with Crippen molar-refractivity contribution in [3.05, 3.63) is 59.2 Å². The van der Waals surface area contributed by atoms with Gasteiger partial charge >= 0.3 is 0 Å². The van der Waals surface area contributed by atoms with E-state index >= 15 is 0 Å². The lowest BCUT2D eigenvalue weighted by Crippen LogP contribution is -2.50. The average Bonchev–Trinajstić information content (AvgIpc) is 2.71. The summed E-state index contributed by atoms with van der Waals surface area (Å²) in [4.78, 5) is 13.2. The quantitative estimate of drug-likeness (QED) is 0.579. The summed E-state index contributed by atoms with van der Waals surface area (Å²) < 4.78 is 34.2. The predicted octanol–water partition coefficient (Wildman–Crippen LogP) is 2.00. The number of aromatic nitrogens is 1. The van der Waals surface area contributed by atoms with Gasteiger partial charge in [-0.25, -0.2) is 13.6 Å². The summed E-state index contributed by atoms with van der Waals surface area (Å²) in [6.45, 7) is 1.72. The van der Waals surface area contributed by atoms with Gasteiger partial charge in [-0.05, 0) is 36.6 Å². The van der Waals surface area contributed by atoms with Crippen molar-refractivity contribution < 1.29 is 13.3 Å². The molecule has 0 saturated heterocycles. The van der Waals surface area contributed by atoms with Gasteiger partial charge in [0.05, 0.1) is 40.2 Å². The number of ether oxygens (including phenoxy) is 1. The Morgan fingerprint density at radius 1 is 1.43 bits per heavy atom. The van der Waals surface area contributed by atoms with Crippen molar-refractivity contribution in [3.63, 3.8) is 0 Å². The number of nitrogens with two attached hydrogens (primary N) is 1. The maximum Gasteiger partial charge on any atom is 0.203 e. The first-order chi connectivity index (χ1) is 14.1. The Bertz CT molecular complexity index is 1110. The molecule has 1 aliphatic rings. The molecule has 2 aromatic rings. The highest BCUT2D eigenvalue weighted by Crippen LogP contribution is 2.34. The molecule has 2 atom stereocenters. The molecule has 1 aliphatic heterocycles. The Kier molecular flexibility index (Phi) is 5.85. The molecule has 1 aromatic carbocycles. The summed E-state index contributed by atoms with van der Waals surface area (Å²) in [6, 6.07) is 8.44. The largest absolute Gasteiger partial charge is 0.495 e. The molecule has 0 saturated carbocycles. The van der Waals surface area contributed by atoms with Crippen LogP contribution in [0, 0.1) is 5.82 Å². The standard InChI is InChI=1S/C21H26FN5O2S/c1-21(13-30(5,28)27(3)20(23)26-21)16-10-14(6-8-17(16)22)11-19(24-2)18-9-7-15(29-4)12-25-18/h6-10,12H,5,11,13H2,1-4H3,(H2,23,26)/t21-,30?/m0/s1. The number of hydrogen-bond donors (Lipinski definition) is 1. The van der Waals surface area contributed by atoms with Crippen molar-refractivity contribution in [3.8, 4) is 5.75 Å². The van der Waals surface area contributed by atoms with E-state index in [0.717, 1.165) is 11.3 Å². The Balaban J connectivity index is 1.97. The van der Waals surface area contributed by atoms with Gasteiger partial charge in [-0.15, -0.1) is 0 Å². The minimum absolute atomic E-state index is 0.0618. The molecule has 3 rings (SSSR count). The zero-order valence-corrected chi connectivity index (χ0v) is 18.4. The number of methoxy groups -OCH3 is 1. The normalized spacial score (nSPS) is 24.5. The van der Waals surface area contributed by atoms with Crippen LogP contribution in [0.15, 0.2) is 46.5 Å². The second-order valence-electron chi connectivity index (χ2n) is 7.40. The second-order valence-corrected chi connectivity index (χ2v) is 9.78. The number of pyridine rings is 1. The van der Waals surface area contributed by atoms with Crippen LogP contribution in [0.4, 0.5) is 4.39 Å². The smallest absolute Gasteiger partial charge is 0.203 e. The van der Waals surface area contributed by atoms with Crippen LogP contribution in [0.2, 0.25) is 0 Å². The van der Waals surface area contributed by atoms with E-state index in [-0.39, 0.29) is 11.7 Å². The lowest BCUT2D eigenvalue weighted by molar-refractivity contribution is 0.413. The van der Waals surface area contributed by atoms with Crippen LogP contribution in [0.5, 0.6) is 5.75 Å². The molecule has 2 heterocycles. The van der Waals surface area contributed by atoms with Crippen LogP contribution in [-0.2, 0) is 21.7 Å². The number of halogens is 1. The fourth-order valence-electron chi connectivity index (χ4n) is 3.44. The third-order valence-electron chi connectivity index (χ3n) is 5.21. The van der Waals surface area contributed by atoms with Gasteiger partial charge in [0, 0.05) is 26.1 Å². The van der Waals surface area contributed by atoms with Crippen LogP contribution in [0.25, 0.3) is 0 Å². The van der Waals surface area contributed by atoms with Gasteiger partial charge in [0.25, 0.3) is 0 Å². The Morgan fingerprint density at radius 3 is 2.73 bits per heavy atom. The molecule has 2 N–H and O–H groups in total. The fraction of sp³-hybridized carbons (Fsp3) is 0.333. The van der Waals surface area contributed by atoms with E-state index in [9.17, 15) is 8.60 Å². The van der Waals surface area contributed by atoms with Gasteiger partial charge in [0.2, 0.25) is 5.96 Å². The van der Waals surface area contributed by atoms with E-state index < -0.39 is 21.1 Å². The predicted molar refractivity (Wildman–Crippen MR) is 120 cm³/mol. The zero-order valence-electron chi connectivity index (χ0n) is 17.6. The monoisotopic (exact) mass is 431 g/mol. The van der Waals surface area contributed by atoms with Gasteiger partial charge in [0.15, 0.2) is 0 Å². The molecule has 1 unspecified atom stereocenters. The highest BCUT2D eigenvalue weighted by atomic mass is 32.2. The van der Waals surface area contributed by atoms with Crippen molar-refractivity contribution >= 4 is 27.2 Å². The summed E-state index contributed by atoms with van der Waals surface area (Å²) >= 11 is 0. The zero-order chi connectivity index (χ0) is 22.1. The average molecular weight is 432 g/mol. The molecule has 9 heteroatoms. The lowest BCUT2D eigenvalue weighted by atomic mass is 9.91. The highest BCUT2D eigenvalue weighted by Gasteiger charge is 2.38. The maximum absolute atomic E-state index is 14.8. The summed E-state index contributed by atoms with van der Waals surface area (Å²) in [7, 11) is 2.13. The Morgan fingerprint density at radius 2 is 2.17 bits per heavy atom. The summed E-state index contributed by atoms with van der Waals surface area (Å²) in [6.07, 6.45) is 2.07. The number of benzene rings is 1. The number of rotatable bonds is 5. The number of nitrogens with zero attached hydrogens (tertiary/aromatic N) is 4. The van der Waals surface area contributed by atoms with E-state index in [1.807, 2.05) is 12.1 Å². The van der Waals surface area contributed by atoms with Crippen LogP contribution < -0.4 is 10.5 Å². The molecular weight excluding hydrogens is 405 g/mol. The molecule has 0 radical (unpaired) electrons. The summed E-state index contributed by atoms with van der Waals surface area (Å²) in [5.74, 6) is 4.14. The number of hydrogen-bond acceptors (Lipinski definition) is 6. The second kappa shape index (κ2) is 8.06. The van der Waals surface area contributed by atoms with Crippen molar-refractivity contribution in [2.45, 2.75) is 18.9 Å². The number of guanidine groups is 1. The molecule has 30 heavy (non-hydrogen) atoms. The highest BCUT2D eigenvalue weighted by molar-refractivity contribution is 7.98. The van der Waals surface area contributed by atoms with Crippen LogP contribution in [0.3, 0.4) is 0 Å². The molecule has 0 spiro atoms. The van der Waals surface area contributed by atoms with Gasteiger partial charge in [-0.3, -0.25) is 14.3 Å². The first-order valence-electron chi connectivity index (χ1n) is 9.29. The van der Waals surface area contributed by atoms with Gasteiger partial charge in [0.1, 0.15) is 17.1 Å². The third kappa shape index (κ3) is 4.16. The van der Waals surface area contributed by atoms with E-state index in [1.165, 1.54) is 10.4 Å². The van der Waals surface area contributed by atoms with E-state index in [1.54, 1.807) is 46.5 Å². The molecule has 1 aromatic heterocycles. The topological polar surface area (TPSA) is 93.2 Å². The van der Waals surface area contributed by atoms with Crippen molar-refractivity contribution in [2.24, 2.45) is 15.7 Å². The SMILES string of the molecule is C=S1(=O)C[C@@](C)(c2cc(CC(=NC)c3ccc(OC)cn3)ccc2F)N=C(N)N1C. The Labute approximate surface area is 176 Å². The number of aliphatic imine (C=N–C) groups is 2. The molecule has 7 nitrogen and oxygen atoms in total. The lowest BCUT2D eigenvalue weighted by Gasteiger charge is -2.37. The molecule has 0 aliphatic carbocycles.